The third kappa shape index (κ3) is 6.65. The van der Waals surface area contributed by atoms with E-state index in [1.807, 2.05) is 60.7 Å². The molecule has 1 atom stereocenters. The van der Waals surface area contributed by atoms with Crippen LogP contribution in [-0.2, 0) is 16.0 Å². The number of carboxylic acid groups (broad SMARTS) is 1. The number of carbonyl (C=O) groups is 3. The lowest BCUT2D eigenvalue weighted by Crippen LogP contribution is -2.36. The monoisotopic (exact) mass is 508 g/mol. The fourth-order valence-corrected chi connectivity index (χ4v) is 4.71. The molecule has 38 heavy (non-hydrogen) atoms. The molecular formula is C32H32N2O4. The first-order valence-corrected chi connectivity index (χ1v) is 12.8. The average Bonchev–Trinajstić information content (AvgIpc) is 2.91. The van der Waals surface area contributed by atoms with Gasteiger partial charge < -0.3 is 15.7 Å². The Hall–Kier alpha value is -4.45. The van der Waals surface area contributed by atoms with Crippen molar-refractivity contribution >= 4 is 34.2 Å². The fraction of sp³-hybridized carbons (Fsp3) is 0.219. The molecule has 4 rings (SSSR count). The minimum absolute atomic E-state index is 0.133. The molecule has 0 spiro atoms. The molecule has 4 aromatic rings. The molecule has 0 heterocycles. The van der Waals surface area contributed by atoms with Gasteiger partial charge in [-0.15, -0.1) is 0 Å². The molecule has 4 aromatic carbocycles. The number of carbonyl (C=O) groups excluding carboxylic acids is 2. The number of hydrogen-bond donors (Lipinski definition) is 3. The van der Waals surface area contributed by atoms with Crippen molar-refractivity contribution in [2.24, 2.45) is 5.92 Å². The summed E-state index contributed by atoms with van der Waals surface area (Å²) < 4.78 is 0. The summed E-state index contributed by atoms with van der Waals surface area (Å²) in [5.74, 6) is -1.50. The predicted octanol–water partition coefficient (Wildman–Crippen LogP) is 6.01. The van der Waals surface area contributed by atoms with Gasteiger partial charge in [-0.25, -0.2) is 4.79 Å². The highest BCUT2D eigenvalue weighted by Crippen LogP contribution is 2.30. The number of carboxylic acids is 1. The first kappa shape index (κ1) is 26.6. The second-order valence-corrected chi connectivity index (χ2v) is 9.85. The van der Waals surface area contributed by atoms with Crippen molar-refractivity contribution in [3.05, 3.63) is 113 Å². The van der Waals surface area contributed by atoms with Gasteiger partial charge in [-0.1, -0.05) is 86.6 Å². The van der Waals surface area contributed by atoms with Crippen LogP contribution in [0.1, 0.15) is 53.2 Å². The molecule has 0 saturated carbocycles. The third-order valence-corrected chi connectivity index (χ3v) is 6.53. The van der Waals surface area contributed by atoms with Gasteiger partial charge in [0.1, 0.15) is 0 Å². The van der Waals surface area contributed by atoms with Crippen molar-refractivity contribution in [3.8, 4) is 0 Å². The average molecular weight is 509 g/mol. The van der Waals surface area contributed by atoms with Crippen molar-refractivity contribution in [3.63, 3.8) is 0 Å². The molecule has 0 bridgehead atoms. The van der Waals surface area contributed by atoms with Gasteiger partial charge in [-0.2, -0.15) is 0 Å². The Balaban J connectivity index is 1.38. The number of benzene rings is 4. The largest absolute Gasteiger partial charge is 0.478 e. The number of aromatic carboxylic acids is 1. The summed E-state index contributed by atoms with van der Waals surface area (Å²) in [6.07, 6.45) is 1.14. The molecule has 0 aliphatic heterocycles. The highest BCUT2D eigenvalue weighted by atomic mass is 16.4. The third-order valence-electron chi connectivity index (χ3n) is 6.53. The summed E-state index contributed by atoms with van der Waals surface area (Å²) in [6, 6.07) is 28.2. The minimum atomic E-state index is -0.956. The van der Waals surface area contributed by atoms with Crippen LogP contribution in [0.25, 0.3) is 10.8 Å². The molecular weight excluding hydrogens is 476 g/mol. The topological polar surface area (TPSA) is 95.5 Å². The normalized spacial score (nSPS) is 11.8. The van der Waals surface area contributed by atoms with E-state index in [0.29, 0.717) is 24.4 Å². The summed E-state index contributed by atoms with van der Waals surface area (Å²) in [7, 11) is 0. The van der Waals surface area contributed by atoms with E-state index in [9.17, 15) is 19.5 Å². The molecule has 0 aliphatic rings. The Bertz CT molecular complexity index is 1440. The lowest BCUT2D eigenvalue weighted by molar-refractivity contribution is -0.125. The zero-order valence-corrected chi connectivity index (χ0v) is 21.6. The molecule has 2 amide bonds. The number of fused-ring (bicyclic) bond motifs is 1. The molecule has 6 nitrogen and oxygen atoms in total. The number of amides is 2. The maximum atomic E-state index is 13.2. The predicted molar refractivity (Wildman–Crippen MR) is 150 cm³/mol. The fourth-order valence-electron chi connectivity index (χ4n) is 4.71. The van der Waals surface area contributed by atoms with Crippen LogP contribution in [0.5, 0.6) is 0 Å². The molecule has 0 radical (unpaired) electrons. The van der Waals surface area contributed by atoms with E-state index in [-0.39, 0.29) is 29.8 Å². The zero-order valence-electron chi connectivity index (χ0n) is 21.6. The van der Waals surface area contributed by atoms with Crippen LogP contribution in [0.3, 0.4) is 0 Å². The van der Waals surface area contributed by atoms with E-state index in [4.69, 9.17) is 0 Å². The smallest absolute Gasteiger partial charge is 0.335 e. The van der Waals surface area contributed by atoms with E-state index in [1.54, 1.807) is 30.3 Å². The standard InChI is InChI=1S/C32H32N2O4/c1-21(2)18-29(28-13-7-10-23-8-3-5-11-26(23)28)31(36)33-20-30(35)34-25-16-14-22(15-17-25)19-24-9-4-6-12-27(24)32(37)38/h3-17,21,29H,18-20H2,1-2H3,(H,33,36)(H,34,35)(H,37,38). The van der Waals surface area contributed by atoms with E-state index in [0.717, 1.165) is 27.5 Å². The lowest BCUT2D eigenvalue weighted by atomic mass is 9.86. The SMILES string of the molecule is CC(C)CC(C(=O)NCC(=O)Nc1ccc(Cc2ccccc2C(=O)O)cc1)c1cccc2ccccc12. The first-order chi connectivity index (χ1) is 18.3. The van der Waals surface area contributed by atoms with Crippen LogP contribution in [0.4, 0.5) is 5.69 Å². The van der Waals surface area contributed by atoms with Crippen LogP contribution in [0.2, 0.25) is 0 Å². The van der Waals surface area contributed by atoms with E-state index in [2.05, 4.69) is 24.5 Å². The summed E-state index contributed by atoms with van der Waals surface area (Å²) in [5, 5.41) is 17.2. The maximum absolute atomic E-state index is 13.2. The van der Waals surface area contributed by atoms with Gasteiger partial charge in [-0.3, -0.25) is 9.59 Å². The van der Waals surface area contributed by atoms with Crippen molar-refractivity contribution in [2.45, 2.75) is 32.6 Å². The van der Waals surface area contributed by atoms with Gasteiger partial charge in [0.15, 0.2) is 0 Å². The number of anilines is 1. The Morgan fingerprint density at radius 1 is 0.816 bits per heavy atom. The van der Waals surface area contributed by atoms with Crippen LogP contribution >= 0.6 is 0 Å². The summed E-state index contributed by atoms with van der Waals surface area (Å²) >= 11 is 0. The molecule has 0 fully saturated rings. The molecule has 3 N–H and O–H groups in total. The van der Waals surface area contributed by atoms with Gasteiger partial charge in [0.05, 0.1) is 18.0 Å². The molecule has 0 saturated heterocycles. The van der Waals surface area contributed by atoms with E-state index < -0.39 is 5.97 Å². The molecule has 0 aliphatic carbocycles. The second-order valence-electron chi connectivity index (χ2n) is 9.85. The van der Waals surface area contributed by atoms with Crippen LogP contribution in [0.15, 0.2) is 91.0 Å². The van der Waals surface area contributed by atoms with Crippen molar-refractivity contribution < 1.29 is 19.5 Å². The quantitative estimate of drug-likeness (QED) is 0.244. The van der Waals surface area contributed by atoms with Crippen LogP contribution < -0.4 is 10.6 Å². The molecule has 6 heteroatoms. The van der Waals surface area contributed by atoms with Crippen LogP contribution in [-0.4, -0.2) is 29.4 Å². The van der Waals surface area contributed by atoms with Crippen molar-refractivity contribution in [1.29, 1.82) is 0 Å². The summed E-state index contributed by atoms with van der Waals surface area (Å²) in [4.78, 5) is 37.3. The van der Waals surface area contributed by atoms with Gasteiger partial charge in [0, 0.05) is 5.69 Å². The highest BCUT2D eigenvalue weighted by Gasteiger charge is 2.24. The Morgan fingerprint density at radius 2 is 1.50 bits per heavy atom. The second kappa shape index (κ2) is 12.2. The lowest BCUT2D eigenvalue weighted by Gasteiger charge is -2.21. The zero-order chi connectivity index (χ0) is 27.1. The Morgan fingerprint density at radius 3 is 2.24 bits per heavy atom. The van der Waals surface area contributed by atoms with Gasteiger partial charge in [0.25, 0.3) is 0 Å². The maximum Gasteiger partial charge on any atom is 0.335 e. The Kier molecular flexibility index (Phi) is 8.54. The van der Waals surface area contributed by atoms with Gasteiger partial charge >= 0.3 is 5.97 Å². The number of hydrogen-bond acceptors (Lipinski definition) is 3. The number of nitrogens with one attached hydrogen (secondary N) is 2. The highest BCUT2D eigenvalue weighted by molar-refractivity contribution is 5.97. The Labute approximate surface area is 222 Å². The van der Waals surface area contributed by atoms with Gasteiger partial charge in [-0.05, 0) is 64.4 Å². The minimum Gasteiger partial charge on any atom is -0.478 e. The molecule has 1 unspecified atom stereocenters. The van der Waals surface area contributed by atoms with Gasteiger partial charge in [0.2, 0.25) is 11.8 Å². The number of rotatable bonds is 10. The van der Waals surface area contributed by atoms with Crippen molar-refractivity contribution in [2.75, 3.05) is 11.9 Å². The summed E-state index contributed by atoms with van der Waals surface area (Å²) in [6.45, 7) is 4.04. The molecule has 0 aromatic heterocycles. The summed E-state index contributed by atoms with van der Waals surface area (Å²) in [5.41, 5.74) is 3.50. The van der Waals surface area contributed by atoms with Crippen LogP contribution in [0, 0.1) is 5.92 Å². The van der Waals surface area contributed by atoms with E-state index in [1.165, 1.54) is 0 Å². The van der Waals surface area contributed by atoms with E-state index >= 15 is 0 Å². The first-order valence-electron chi connectivity index (χ1n) is 12.8. The molecule has 194 valence electrons. The van der Waals surface area contributed by atoms with Crippen molar-refractivity contribution in [1.82, 2.24) is 5.32 Å².